The molecule has 0 bridgehead atoms. The fourth-order valence-corrected chi connectivity index (χ4v) is 16.6. The zero-order valence-electron chi connectivity index (χ0n) is 70.2. The highest BCUT2D eigenvalue weighted by Gasteiger charge is 2.58. The van der Waals surface area contributed by atoms with Gasteiger partial charge in [0.05, 0.1) is 12.1 Å². The zero-order valence-corrected chi connectivity index (χ0v) is 72.5. The average Bonchev–Trinajstić information content (AvgIpc) is 1.57. The summed E-state index contributed by atoms with van der Waals surface area (Å²) in [5, 5.41) is 17.7. The zero-order chi connectivity index (χ0) is 89.6. The number of hydrogen-bond donors (Lipinski definition) is 7. The van der Waals surface area contributed by atoms with Gasteiger partial charge >= 0.3 is 6.03 Å². The van der Waals surface area contributed by atoms with E-state index in [4.69, 9.17) is 50.5 Å². The van der Waals surface area contributed by atoms with E-state index in [1.807, 2.05) is 224 Å². The Balaban J connectivity index is 0.000000129. The van der Waals surface area contributed by atoms with Crippen LogP contribution in [0, 0.1) is 34.8 Å². The molecule has 18 rings (SSSR count). The van der Waals surface area contributed by atoms with Crippen molar-refractivity contribution in [3.8, 4) is 28.3 Å². The number of guanidine groups is 5. The van der Waals surface area contributed by atoms with Crippen LogP contribution in [0.2, 0.25) is 5.02 Å². The summed E-state index contributed by atoms with van der Waals surface area (Å²) in [4.78, 5) is 106. The number of likely N-dealkylation sites (N-methyl/N-ethyl adjacent to an activating group) is 3. The Hall–Kier alpha value is -14.2. The number of hydrogen-bond acceptors (Lipinski definition) is 17. The number of carbonyl (C=O) groups is 6. The van der Waals surface area contributed by atoms with Crippen LogP contribution in [-0.4, -0.2) is 123 Å². The lowest BCUT2D eigenvalue weighted by Crippen LogP contribution is -2.44. The van der Waals surface area contributed by atoms with Crippen molar-refractivity contribution < 1.29 is 37.5 Å². The van der Waals surface area contributed by atoms with E-state index in [0.29, 0.717) is 46.6 Å². The minimum Gasteiger partial charge on any atom is -0.369 e. The van der Waals surface area contributed by atoms with E-state index in [1.54, 1.807) is 58.0 Å². The lowest BCUT2D eigenvalue weighted by atomic mass is 9.83. The molecule has 11 aromatic carbocycles. The molecule has 7 amide bonds. The van der Waals surface area contributed by atoms with Gasteiger partial charge in [0, 0.05) is 55.0 Å². The van der Waals surface area contributed by atoms with E-state index in [1.165, 1.54) is 44.8 Å². The number of carbonyl (C=O) groups excluding carboxylic acids is 6. The summed E-state index contributed by atoms with van der Waals surface area (Å²) in [5.41, 5.74) is 35.4. The molecule has 7 aliphatic rings. The highest BCUT2D eigenvalue weighted by atomic mass is 79.9. The molecular formula is C98H94BrClF2N18O6. The number of nitrogens with one attached hydrogen (secondary N) is 2. The fourth-order valence-electron chi connectivity index (χ4n) is 16.0. The van der Waals surface area contributed by atoms with Crippen molar-refractivity contribution in [3.63, 3.8) is 0 Å². The quantitative estimate of drug-likeness (QED) is 0.0421. The molecule has 126 heavy (non-hydrogen) atoms. The van der Waals surface area contributed by atoms with Crippen molar-refractivity contribution in [3.05, 3.63) is 338 Å². The summed E-state index contributed by atoms with van der Waals surface area (Å²) in [5.74, 6) is 0.0560. The van der Waals surface area contributed by atoms with Crippen LogP contribution < -0.4 is 39.3 Å². The largest absolute Gasteiger partial charge is 0.369 e. The summed E-state index contributed by atoms with van der Waals surface area (Å²) < 4.78 is 28.1. The second kappa shape index (κ2) is 36.7. The summed E-state index contributed by atoms with van der Waals surface area (Å²) in [7, 11) is 4.84. The molecule has 2 fully saturated rings. The third kappa shape index (κ3) is 18.4. The number of aliphatic imine (C=N–C) groups is 5. The number of nitrogens with two attached hydrogens (primary N) is 5. The van der Waals surface area contributed by atoms with E-state index < -0.39 is 39.3 Å². The molecule has 2 saturated carbocycles. The van der Waals surface area contributed by atoms with Gasteiger partial charge in [0.25, 0.3) is 29.5 Å². The van der Waals surface area contributed by atoms with Crippen molar-refractivity contribution in [2.45, 2.75) is 100 Å². The number of nitrogens with zero attached hydrogens (tertiary/aromatic N) is 11. The maximum absolute atomic E-state index is 13.8. The van der Waals surface area contributed by atoms with Crippen LogP contribution in [0.3, 0.4) is 0 Å². The normalized spacial score (nSPS) is 19.5. The first-order valence-electron chi connectivity index (χ1n) is 41.0. The number of halogens is 4. The van der Waals surface area contributed by atoms with Gasteiger partial charge in [-0.1, -0.05) is 241 Å². The number of amides is 7. The lowest BCUT2D eigenvalue weighted by molar-refractivity contribution is -0.132. The third-order valence-electron chi connectivity index (χ3n) is 23.3. The van der Waals surface area contributed by atoms with Crippen LogP contribution in [0.25, 0.3) is 33.0 Å². The first kappa shape index (κ1) is 88.1. The van der Waals surface area contributed by atoms with Gasteiger partial charge in [-0.05, 0) is 197 Å². The molecule has 24 nitrogen and oxygen atoms in total. The Morgan fingerprint density at radius 3 is 1.60 bits per heavy atom. The topological polar surface area (TPSA) is 358 Å². The molecule has 3 atom stereocenters. The van der Waals surface area contributed by atoms with Crippen LogP contribution in [-0.2, 0) is 65.6 Å². The Morgan fingerprint density at radius 2 is 1.03 bits per heavy atom. The SMILES string of the molecule is CC1(C)N=C(N)N(Cc2ccc(CNC(=O)Nc3ccc4ccccc4c3)cc2)C1=O.CN1C(=O)C(C)(c2cc(Br)ccc2F)N=C1N.CN1C(=O)C(CC2CC2)(c2cccc(-c3cccc(Cl)c3)c2)N=C1N.CN1C(=O)[C@](c2cccc(-c3ccc(F)c(C#N)c3)c2)(C2CC2)N=C1N.NC1=NC(c2ccccc2)(c2ccccc2)C(=O)N1CCc1ccccc1. The second-order valence-electron chi connectivity index (χ2n) is 32.4. The number of rotatable bonds is 18. The van der Waals surface area contributed by atoms with Crippen molar-refractivity contribution >= 4 is 109 Å². The second-order valence-corrected chi connectivity index (χ2v) is 33.8. The van der Waals surface area contributed by atoms with Gasteiger partial charge in [0.15, 0.2) is 52.0 Å². The van der Waals surface area contributed by atoms with Gasteiger partial charge in [0.1, 0.15) is 23.2 Å². The maximum Gasteiger partial charge on any atom is 0.319 e. The average molecular weight is 1770 g/mol. The summed E-state index contributed by atoms with van der Waals surface area (Å²) >= 11 is 9.37. The van der Waals surface area contributed by atoms with Gasteiger partial charge in [-0.2, -0.15) is 5.26 Å². The van der Waals surface area contributed by atoms with Crippen LogP contribution >= 0.6 is 27.5 Å². The van der Waals surface area contributed by atoms with E-state index in [9.17, 15) is 37.5 Å². The molecule has 28 heteroatoms. The highest BCUT2D eigenvalue weighted by Crippen LogP contribution is 2.52. The van der Waals surface area contributed by atoms with Gasteiger partial charge in [-0.3, -0.25) is 48.5 Å². The minimum absolute atomic E-state index is 0.0104. The van der Waals surface area contributed by atoms with Gasteiger partial charge < -0.3 is 39.3 Å². The van der Waals surface area contributed by atoms with Crippen molar-refractivity contribution in [2.24, 2.45) is 65.5 Å². The lowest BCUT2D eigenvalue weighted by Gasteiger charge is -2.27. The summed E-state index contributed by atoms with van der Waals surface area (Å²) in [6.45, 7) is 6.31. The molecular weight excluding hydrogens is 1680 g/mol. The number of anilines is 1. The minimum atomic E-state index is -1.29. The molecule has 0 radical (unpaired) electrons. The predicted octanol–water partition coefficient (Wildman–Crippen LogP) is 15.1. The standard InChI is InChI=1S/C24H25N5O2.C23H21N3O.C20H20ClN3O.C20H17FN4O.C11H11BrFN3O/c1-24(2)21(30)29(22(25)28-24)15-17-9-7-16(8-10-17)14-26-23(31)27-20-12-11-18-5-3-4-6-19(18)13-20;24-22-25-23(19-12-6-2-7-13-19,20-14-8-3-9-15-20)21(27)26(22)17-16-18-10-4-1-5-11-18;1-24-18(25)20(23-19(24)22,12-13-8-9-13)16-6-2-4-14(10-16)15-5-3-7-17(21)11-15;1-25-18(26)20(15-6-7-15,24-19(25)23)16-4-2-3-12(10-16)13-5-8-17(21)14(9-13)11-22;1-11(9(17)16(2)10(14)15-11)7-5-6(12)3-4-8(7)13/h3-13H,14-15H2,1-2H3,(H2,25,28)(H2,26,27,31);1-15H,16-17H2,(H2,24,25);2-7,10-11,13H,8-9,12H2,1H3,(H2,22,23);2-5,8-10,15H,6-7H2,1H3,(H2,23,24);3-5H,1-2H3,(H2,14,15)/t;;;20-;/m...1./s1. The Kier molecular flexibility index (Phi) is 25.6. The fraction of sp³-hybridized carbons (Fsp3) is 0.224. The number of benzene rings is 11. The maximum atomic E-state index is 13.8. The van der Waals surface area contributed by atoms with Crippen LogP contribution in [0.15, 0.2) is 296 Å². The van der Waals surface area contributed by atoms with Crippen LogP contribution in [0.4, 0.5) is 19.3 Å². The van der Waals surface area contributed by atoms with Crippen molar-refractivity contribution in [1.82, 2.24) is 29.8 Å². The molecule has 11 aromatic rings. The van der Waals surface area contributed by atoms with Crippen LogP contribution in [0.5, 0.6) is 0 Å². The van der Waals surface area contributed by atoms with E-state index in [2.05, 4.69) is 58.7 Å². The van der Waals surface area contributed by atoms with Gasteiger partial charge in [-0.15, -0.1) is 0 Å². The molecule has 0 spiro atoms. The van der Waals surface area contributed by atoms with Crippen molar-refractivity contribution in [2.75, 3.05) is 33.0 Å². The Bertz CT molecular complexity index is 6210. The first-order chi connectivity index (χ1) is 60.3. The molecule has 640 valence electrons. The molecule has 2 unspecified atom stereocenters. The van der Waals surface area contributed by atoms with Gasteiger partial charge in [-0.25, -0.2) is 38.5 Å². The van der Waals surface area contributed by atoms with E-state index >= 15 is 0 Å². The number of urea groups is 1. The molecule has 2 aliphatic carbocycles. The smallest absolute Gasteiger partial charge is 0.319 e. The monoisotopic (exact) mass is 1770 g/mol. The van der Waals surface area contributed by atoms with E-state index in [-0.39, 0.29) is 76.5 Å². The summed E-state index contributed by atoms with van der Waals surface area (Å²) in [6, 6.07) is 84.5. The number of fused-ring (bicyclic) bond motifs is 1. The van der Waals surface area contributed by atoms with Gasteiger partial charge in [0.2, 0.25) is 0 Å². The van der Waals surface area contributed by atoms with Crippen LogP contribution in [0.1, 0.15) is 103 Å². The Morgan fingerprint density at radius 1 is 0.492 bits per heavy atom. The molecule has 5 heterocycles. The third-order valence-corrected chi connectivity index (χ3v) is 24.1. The number of nitriles is 1. The predicted molar refractivity (Wildman–Crippen MR) is 491 cm³/mol. The molecule has 12 N–H and O–H groups in total. The molecule has 0 saturated heterocycles. The molecule has 0 aromatic heterocycles. The highest BCUT2D eigenvalue weighted by molar-refractivity contribution is 9.10. The Labute approximate surface area is 742 Å². The first-order valence-corrected chi connectivity index (χ1v) is 42.2. The van der Waals surface area contributed by atoms with E-state index in [0.717, 1.165) is 111 Å². The summed E-state index contributed by atoms with van der Waals surface area (Å²) in [6.07, 6.45) is 5.61. The van der Waals surface area contributed by atoms with Crippen molar-refractivity contribution in [1.29, 1.82) is 5.26 Å². The molecule has 5 aliphatic heterocycles.